The number of carbonyl (C=O) groups is 1. The van der Waals surface area contributed by atoms with E-state index in [9.17, 15) is 9.00 Å². The molecule has 0 aliphatic carbocycles. The molecule has 2 aromatic carbocycles. The maximum Gasteiger partial charge on any atom is 0.273 e. The molecule has 0 fully saturated rings. The maximum absolute atomic E-state index is 12.9. The molecule has 1 atom stereocenters. The van der Waals surface area contributed by atoms with Crippen molar-refractivity contribution in [3.8, 4) is 0 Å². The number of rotatable bonds is 5. The molecule has 1 heterocycles. The van der Waals surface area contributed by atoms with Gasteiger partial charge in [-0.05, 0) is 23.8 Å². The van der Waals surface area contributed by atoms with Crippen molar-refractivity contribution in [3.05, 3.63) is 59.8 Å². The van der Waals surface area contributed by atoms with Crippen LogP contribution in [-0.2, 0) is 17.5 Å². The van der Waals surface area contributed by atoms with Crippen LogP contribution in [0.5, 0.6) is 0 Å². The van der Waals surface area contributed by atoms with Crippen LogP contribution in [0.2, 0.25) is 0 Å². The van der Waals surface area contributed by atoms with Crippen LogP contribution in [0.1, 0.15) is 16.1 Å². The topological polar surface area (TPSA) is 101 Å². The average Bonchev–Trinajstić information content (AvgIpc) is 2.61. The molecule has 0 bridgehead atoms. The number of anilines is 2. The molecule has 26 heavy (non-hydrogen) atoms. The summed E-state index contributed by atoms with van der Waals surface area (Å²) < 4.78 is 14.0. The number of amides is 1. The normalized spacial score (nSPS) is 11.9. The number of para-hydroxylation sites is 1. The smallest absolute Gasteiger partial charge is 0.273 e. The van der Waals surface area contributed by atoms with E-state index in [1.807, 2.05) is 36.4 Å². The zero-order valence-electron chi connectivity index (χ0n) is 14.5. The van der Waals surface area contributed by atoms with Gasteiger partial charge in [-0.1, -0.05) is 30.3 Å². The lowest BCUT2D eigenvalue weighted by molar-refractivity contribution is 0.0781. The van der Waals surface area contributed by atoms with E-state index in [1.54, 1.807) is 30.3 Å². The highest BCUT2D eigenvalue weighted by Gasteiger charge is 2.18. The molecule has 3 N–H and O–H groups in total. The fourth-order valence-electron chi connectivity index (χ4n) is 2.63. The Bertz CT molecular complexity index is 975. The fraction of sp³-hybridized carbons (Fsp3) is 0.167. The summed E-state index contributed by atoms with van der Waals surface area (Å²) in [7, 11) is 0.588. The third-order valence-corrected chi connectivity index (χ3v) is 4.33. The van der Waals surface area contributed by atoms with Crippen LogP contribution in [0, 0.1) is 0 Å². The number of nitrogens with two attached hydrogens (primary N) is 1. The molecule has 3 rings (SSSR count). The Hall–Kier alpha value is -3.00. The van der Waals surface area contributed by atoms with Crippen LogP contribution in [0.4, 0.5) is 11.6 Å². The summed E-state index contributed by atoms with van der Waals surface area (Å²) in [5.74, 6) is -0.157. The second-order valence-electron chi connectivity index (χ2n) is 5.86. The largest absolute Gasteiger partial charge is 0.368 e. The molecule has 0 aliphatic rings. The van der Waals surface area contributed by atoms with Crippen LogP contribution in [0.3, 0.4) is 0 Å². The predicted octanol–water partition coefficient (Wildman–Crippen LogP) is 2.19. The van der Waals surface area contributed by atoms with E-state index >= 15 is 0 Å². The number of carbonyl (C=O) groups excluding carboxylic acids is 1. The average molecular weight is 369 g/mol. The summed E-state index contributed by atoms with van der Waals surface area (Å²) in [6, 6.07) is 14.7. The number of nitrogens with one attached hydrogen (secondary N) is 1. The van der Waals surface area contributed by atoms with Gasteiger partial charge in [-0.3, -0.25) is 4.79 Å². The lowest BCUT2D eigenvalue weighted by Gasteiger charge is -2.18. The first kappa shape index (κ1) is 17.8. The standard InChI is InChI=1S/C18H19N5O2S/c1-23(11-12-7-9-13(10-8-12)22-26(2)25)17(24)16-14-5-3-4-6-15(14)20-18(19)21-16/h3-10,22H,11H2,1-2H3,(H2,19,20,21). The summed E-state index contributed by atoms with van der Waals surface area (Å²) in [5, 5.41) is 0.670. The number of hydrogen-bond acceptors (Lipinski definition) is 5. The summed E-state index contributed by atoms with van der Waals surface area (Å²) in [6.45, 7) is 0.409. The van der Waals surface area contributed by atoms with Crippen molar-refractivity contribution < 1.29 is 9.00 Å². The van der Waals surface area contributed by atoms with Crippen molar-refractivity contribution in [2.24, 2.45) is 0 Å². The minimum atomic E-state index is -1.12. The van der Waals surface area contributed by atoms with Gasteiger partial charge in [0, 0.05) is 30.9 Å². The number of aromatic nitrogens is 2. The second kappa shape index (κ2) is 7.49. The van der Waals surface area contributed by atoms with Gasteiger partial charge < -0.3 is 15.4 Å². The predicted molar refractivity (Wildman–Crippen MR) is 104 cm³/mol. The van der Waals surface area contributed by atoms with Gasteiger partial charge in [0.25, 0.3) is 5.91 Å². The number of nitrogens with zero attached hydrogens (tertiary/aromatic N) is 3. The lowest BCUT2D eigenvalue weighted by Crippen LogP contribution is -2.27. The molecule has 0 saturated heterocycles. The molecule has 0 aliphatic heterocycles. The van der Waals surface area contributed by atoms with E-state index in [0.29, 0.717) is 17.4 Å². The van der Waals surface area contributed by atoms with Crippen LogP contribution >= 0.6 is 0 Å². The lowest BCUT2D eigenvalue weighted by atomic mass is 10.1. The Balaban J connectivity index is 1.81. The van der Waals surface area contributed by atoms with Crippen LogP contribution in [0.25, 0.3) is 10.9 Å². The molecular formula is C18H19N5O2S. The van der Waals surface area contributed by atoms with Gasteiger partial charge in [0.1, 0.15) is 16.7 Å². The van der Waals surface area contributed by atoms with Crippen LogP contribution in [0.15, 0.2) is 48.5 Å². The van der Waals surface area contributed by atoms with E-state index in [0.717, 1.165) is 11.3 Å². The van der Waals surface area contributed by atoms with E-state index in [1.165, 1.54) is 0 Å². The van der Waals surface area contributed by atoms with Gasteiger partial charge in [-0.25, -0.2) is 14.2 Å². The maximum atomic E-state index is 12.9. The molecule has 1 aromatic heterocycles. The molecule has 0 radical (unpaired) electrons. The number of fused-ring (bicyclic) bond motifs is 1. The quantitative estimate of drug-likeness (QED) is 0.718. The van der Waals surface area contributed by atoms with Gasteiger partial charge in [0.15, 0.2) is 0 Å². The molecular weight excluding hydrogens is 350 g/mol. The van der Waals surface area contributed by atoms with Crippen molar-refractivity contribution in [1.82, 2.24) is 14.9 Å². The van der Waals surface area contributed by atoms with Crippen molar-refractivity contribution in [2.45, 2.75) is 6.54 Å². The first-order valence-electron chi connectivity index (χ1n) is 7.91. The minimum Gasteiger partial charge on any atom is -0.368 e. The van der Waals surface area contributed by atoms with E-state index < -0.39 is 11.0 Å². The van der Waals surface area contributed by atoms with Crippen molar-refractivity contribution in [3.63, 3.8) is 0 Å². The highest BCUT2D eigenvalue weighted by atomic mass is 32.2. The van der Waals surface area contributed by atoms with Gasteiger partial charge in [-0.15, -0.1) is 0 Å². The third-order valence-electron chi connectivity index (χ3n) is 3.81. The molecule has 134 valence electrons. The van der Waals surface area contributed by atoms with Gasteiger partial charge in [0.2, 0.25) is 5.95 Å². The number of nitrogen functional groups attached to an aromatic ring is 1. The highest BCUT2D eigenvalue weighted by Crippen LogP contribution is 2.19. The molecule has 7 nitrogen and oxygen atoms in total. The molecule has 8 heteroatoms. The highest BCUT2D eigenvalue weighted by molar-refractivity contribution is 7.85. The summed E-state index contributed by atoms with van der Waals surface area (Å²) in [4.78, 5) is 22.7. The third kappa shape index (κ3) is 3.97. The Morgan fingerprint density at radius 2 is 1.85 bits per heavy atom. The van der Waals surface area contributed by atoms with Crippen LogP contribution in [-0.4, -0.2) is 38.3 Å². The van der Waals surface area contributed by atoms with E-state index in [2.05, 4.69) is 14.7 Å². The second-order valence-corrected chi connectivity index (χ2v) is 6.97. The monoisotopic (exact) mass is 369 g/mol. The molecule has 1 amide bonds. The number of benzene rings is 2. The Morgan fingerprint density at radius 1 is 1.15 bits per heavy atom. The van der Waals surface area contributed by atoms with Crippen molar-refractivity contribution in [2.75, 3.05) is 23.8 Å². The number of hydrogen-bond donors (Lipinski definition) is 2. The molecule has 0 spiro atoms. The van der Waals surface area contributed by atoms with Gasteiger partial charge in [-0.2, -0.15) is 0 Å². The summed E-state index contributed by atoms with van der Waals surface area (Å²) >= 11 is 0. The summed E-state index contributed by atoms with van der Waals surface area (Å²) in [6.07, 6.45) is 1.57. The summed E-state index contributed by atoms with van der Waals surface area (Å²) in [5.41, 5.74) is 8.38. The first-order valence-corrected chi connectivity index (χ1v) is 9.46. The Kier molecular flexibility index (Phi) is 5.13. The SMILES string of the molecule is CN(Cc1ccc(NS(C)=O)cc1)C(=O)c1nc(N)nc2ccccc12. The van der Waals surface area contributed by atoms with E-state index in [-0.39, 0.29) is 17.5 Å². The minimum absolute atomic E-state index is 0.0726. The fourth-order valence-corrected chi connectivity index (χ4v) is 3.10. The Morgan fingerprint density at radius 3 is 2.54 bits per heavy atom. The molecule has 3 aromatic rings. The van der Waals surface area contributed by atoms with Gasteiger partial charge >= 0.3 is 0 Å². The molecule has 0 saturated carbocycles. The van der Waals surface area contributed by atoms with Crippen molar-refractivity contribution >= 4 is 39.4 Å². The zero-order valence-corrected chi connectivity index (χ0v) is 15.3. The molecule has 1 unspecified atom stereocenters. The van der Waals surface area contributed by atoms with Crippen molar-refractivity contribution in [1.29, 1.82) is 0 Å². The van der Waals surface area contributed by atoms with Gasteiger partial charge in [0.05, 0.1) is 5.52 Å². The zero-order chi connectivity index (χ0) is 18.7. The Labute approximate surface area is 153 Å². The first-order chi connectivity index (χ1) is 12.4. The van der Waals surface area contributed by atoms with Crippen LogP contribution < -0.4 is 10.5 Å². The van der Waals surface area contributed by atoms with E-state index in [4.69, 9.17) is 5.73 Å².